The number of benzene rings is 2. The molecule has 1 N–H and O–H groups in total. The number of likely N-dealkylation sites (tertiary alicyclic amines) is 1. The predicted molar refractivity (Wildman–Crippen MR) is 106 cm³/mol. The number of anilines is 1. The summed E-state index contributed by atoms with van der Waals surface area (Å²) in [4.78, 5) is 27.4. The monoisotopic (exact) mass is 366 g/mol. The van der Waals surface area contributed by atoms with Crippen molar-refractivity contribution in [2.75, 3.05) is 25.5 Å². The second-order valence-corrected chi connectivity index (χ2v) is 7.24. The van der Waals surface area contributed by atoms with Crippen molar-refractivity contribution in [2.45, 2.75) is 26.7 Å². The third-order valence-electron chi connectivity index (χ3n) is 4.92. The Hall–Kier alpha value is -2.82. The Morgan fingerprint density at radius 1 is 1.15 bits per heavy atom. The van der Waals surface area contributed by atoms with Crippen LogP contribution < -0.4 is 10.1 Å². The average molecular weight is 366 g/mol. The van der Waals surface area contributed by atoms with Gasteiger partial charge in [-0.25, -0.2) is 0 Å². The minimum absolute atomic E-state index is 0.00987. The number of methoxy groups -OCH3 is 1. The molecule has 1 atom stereocenters. The van der Waals surface area contributed by atoms with Gasteiger partial charge in [0.2, 0.25) is 0 Å². The summed E-state index contributed by atoms with van der Waals surface area (Å²) in [5.41, 5.74) is 2.64. The fourth-order valence-electron chi connectivity index (χ4n) is 3.46. The topological polar surface area (TPSA) is 58.6 Å². The van der Waals surface area contributed by atoms with E-state index in [1.54, 1.807) is 31.4 Å². The normalized spacial score (nSPS) is 16.7. The highest BCUT2D eigenvalue weighted by molar-refractivity contribution is 6.06. The van der Waals surface area contributed by atoms with E-state index in [4.69, 9.17) is 4.74 Å². The van der Waals surface area contributed by atoms with Crippen LogP contribution in [-0.2, 0) is 0 Å². The first kappa shape index (κ1) is 19.0. The van der Waals surface area contributed by atoms with Gasteiger partial charge in [0.15, 0.2) is 0 Å². The van der Waals surface area contributed by atoms with E-state index in [1.807, 2.05) is 30.0 Å². The summed E-state index contributed by atoms with van der Waals surface area (Å²) in [6.45, 7) is 5.67. The molecule has 5 heteroatoms. The van der Waals surface area contributed by atoms with Gasteiger partial charge in [0.1, 0.15) is 5.75 Å². The summed E-state index contributed by atoms with van der Waals surface area (Å²) >= 11 is 0. The van der Waals surface area contributed by atoms with Crippen LogP contribution in [0.1, 0.15) is 46.0 Å². The van der Waals surface area contributed by atoms with Gasteiger partial charge in [-0.05, 0) is 61.6 Å². The Labute approximate surface area is 160 Å². The molecule has 1 aliphatic heterocycles. The summed E-state index contributed by atoms with van der Waals surface area (Å²) in [6, 6.07) is 12.5. The van der Waals surface area contributed by atoms with Gasteiger partial charge >= 0.3 is 0 Å². The van der Waals surface area contributed by atoms with E-state index in [-0.39, 0.29) is 11.8 Å². The summed E-state index contributed by atoms with van der Waals surface area (Å²) in [5.74, 6) is 0.844. The quantitative estimate of drug-likeness (QED) is 0.885. The van der Waals surface area contributed by atoms with Gasteiger partial charge < -0.3 is 15.0 Å². The molecule has 27 heavy (non-hydrogen) atoms. The molecule has 0 aromatic heterocycles. The molecule has 1 unspecified atom stereocenters. The first-order valence-corrected chi connectivity index (χ1v) is 9.33. The lowest BCUT2D eigenvalue weighted by Crippen LogP contribution is -2.39. The lowest BCUT2D eigenvalue weighted by molar-refractivity contribution is 0.0683. The number of carbonyl (C=O) groups excluding carboxylic acids is 2. The maximum Gasteiger partial charge on any atom is 0.255 e. The maximum atomic E-state index is 12.8. The standard InChI is InChI=1S/C22H26N2O3/c1-15-9-10-20(27-3)19(12-15)23-21(25)17-7-4-8-18(13-17)22(26)24-11-5-6-16(2)14-24/h4,7-10,12-13,16H,5-6,11,14H2,1-3H3,(H,23,25). The van der Waals surface area contributed by atoms with Crippen molar-refractivity contribution in [1.29, 1.82) is 0 Å². The molecule has 0 aliphatic carbocycles. The molecule has 2 aromatic rings. The molecule has 0 bridgehead atoms. The number of hydrogen-bond donors (Lipinski definition) is 1. The number of ether oxygens (including phenoxy) is 1. The van der Waals surface area contributed by atoms with Crippen molar-refractivity contribution < 1.29 is 14.3 Å². The fourth-order valence-corrected chi connectivity index (χ4v) is 3.46. The van der Waals surface area contributed by atoms with Crippen LogP contribution in [0.4, 0.5) is 5.69 Å². The Bertz CT molecular complexity index is 847. The van der Waals surface area contributed by atoms with Crippen molar-refractivity contribution in [3.05, 3.63) is 59.2 Å². The van der Waals surface area contributed by atoms with E-state index in [1.165, 1.54) is 0 Å². The number of piperidine rings is 1. The zero-order valence-corrected chi connectivity index (χ0v) is 16.1. The van der Waals surface area contributed by atoms with Crippen molar-refractivity contribution >= 4 is 17.5 Å². The Morgan fingerprint density at radius 3 is 2.67 bits per heavy atom. The van der Waals surface area contributed by atoms with Crippen LogP contribution in [0, 0.1) is 12.8 Å². The summed E-state index contributed by atoms with van der Waals surface area (Å²) in [5, 5.41) is 2.88. The zero-order chi connectivity index (χ0) is 19.4. The minimum Gasteiger partial charge on any atom is -0.495 e. The molecular weight excluding hydrogens is 340 g/mol. The molecule has 0 radical (unpaired) electrons. The minimum atomic E-state index is -0.263. The third kappa shape index (κ3) is 4.48. The SMILES string of the molecule is COc1ccc(C)cc1NC(=O)c1cccc(C(=O)N2CCCC(C)C2)c1. The smallest absolute Gasteiger partial charge is 0.255 e. The van der Waals surface area contributed by atoms with Gasteiger partial charge in [0.25, 0.3) is 11.8 Å². The zero-order valence-electron chi connectivity index (χ0n) is 16.1. The highest BCUT2D eigenvalue weighted by atomic mass is 16.5. The van der Waals surface area contributed by atoms with E-state index in [9.17, 15) is 9.59 Å². The summed E-state index contributed by atoms with van der Waals surface area (Å²) < 4.78 is 5.31. The number of nitrogens with one attached hydrogen (secondary N) is 1. The first-order valence-electron chi connectivity index (χ1n) is 9.33. The molecule has 1 heterocycles. The first-order chi connectivity index (χ1) is 13.0. The number of aryl methyl sites for hydroxylation is 1. The van der Waals surface area contributed by atoms with Crippen LogP contribution in [0.25, 0.3) is 0 Å². The molecule has 0 spiro atoms. The van der Waals surface area contributed by atoms with Crippen LogP contribution in [0.15, 0.2) is 42.5 Å². The predicted octanol–water partition coefficient (Wildman–Crippen LogP) is 4.13. The van der Waals surface area contributed by atoms with Gasteiger partial charge in [-0.1, -0.05) is 19.1 Å². The molecular formula is C22H26N2O3. The largest absolute Gasteiger partial charge is 0.495 e. The summed E-state index contributed by atoms with van der Waals surface area (Å²) in [6.07, 6.45) is 2.19. The Balaban J connectivity index is 1.78. The van der Waals surface area contributed by atoms with Crippen LogP contribution in [0.5, 0.6) is 5.75 Å². The van der Waals surface area contributed by atoms with Gasteiger partial charge in [-0.15, -0.1) is 0 Å². The van der Waals surface area contributed by atoms with E-state index >= 15 is 0 Å². The molecule has 2 aromatic carbocycles. The van der Waals surface area contributed by atoms with E-state index < -0.39 is 0 Å². The Morgan fingerprint density at radius 2 is 1.93 bits per heavy atom. The van der Waals surface area contributed by atoms with Crippen molar-refractivity contribution in [3.63, 3.8) is 0 Å². The second-order valence-electron chi connectivity index (χ2n) is 7.24. The molecule has 2 amide bonds. The van der Waals surface area contributed by atoms with E-state index in [0.717, 1.165) is 31.5 Å². The molecule has 142 valence electrons. The number of rotatable bonds is 4. The number of nitrogens with zero attached hydrogens (tertiary/aromatic N) is 1. The number of amides is 2. The molecule has 1 saturated heterocycles. The molecule has 0 saturated carbocycles. The van der Waals surface area contributed by atoms with Gasteiger partial charge in [0, 0.05) is 24.2 Å². The highest BCUT2D eigenvalue weighted by Gasteiger charge is 2.22. The molecule has 5 nitrogen and oxygen atoms in total. The molecule has 3 rings (SSSR count). The third-order valence-corrected chi connectivity index (χ3v) is 4.92. The number of carbonyl (C=O) groups is 2. The van der Waals surface area contributed by atoms with Crippen LogP contribution in [0.2, 0.25) is 0 Å². The molecule has 1 fully saturated rings. The molecule has 1 aliphatic rings. The van der Waals surface area contributed by atoms with Gasteiger partial charge in [-0.2, -0.15) is 0 Å². The summed E-state index contributed by atoms with van der Waals surface area (Å²) in [7, 11) is 1.57. The van der Waals surface area contributed by atoms with Crippen molar-refractivity contribution in [3.8, 4) is 5.75 Å². The van der Waals surface area contributed by atoms with Crippen LogP contribution in [0.3, 0.4) is 0 Å². The van der Waals surface area contributed by atoms with Gasteiger partial charge in [-0.3, -0.25) is 9.59 Å². The van der Waals surface area contributed by atoms with E-state index in [0.29, 0.717) is 28.5 Å². The lowest BCUT2D eigenvalue weighted by atomic mass is 9.99. The second kappa shape index (κ2) is 8.25. The van der Waals surface area contributed by atoms with Crippen molar-refractivity contribution in [1.82, 2.24) is 4.90 Å². The number of hydrogen-bond acceptors (Lipinski definition) is 3. The van der Waals surface area contributed by atoms with Crippen LogP contribution in [-0.4, -0.2) is 36.9 Å². The van der Waals surface area contributed by atoms with Gasteiger partial charge in [0.05, 0.1) is 12.8 Å². The highest BCUT2D eigenvalue weighted by Crippen LogP contribution is 2.26. The fraction of sp³-hybridized carbons (Fsp3) is 0.364. The van der Waals surface area contributed by atoms with Crippen molar-refractivity contribution in [2.24, 2.45) is 5.92 Å². The lowest BCUT2D eigenvalue weighted by Gasteiger charge is -2.31. The Kier molecular flexibility index (Phi) is 5.79. The van der Waals surface area contributed by atoms with E-state index in [2.05, 4.69) is 12.2 Å². The van der Waals surface area contributed by atoms with Crippen LogP contribution >= 0.6 is 0 Å². The average Bonchev–Trinajstić information content (AvgIpc) is 2.67. The maximum absolute atomic E-state index is 12.8.